The van der Waals surface area contributed by atoms with Gasteiger partial charge in [0.2, 0.25) is 0 Å². The van der Waals surface area contributed by atoms with Gasteiger partial charge in [0, 0.05) is 38.3 Å². The molecule has 112 valence electrons. The van der Waals surface area contributed by atoms with Crippen LogP contribution in [0.3, 0.4) is 0 Å². The van der Waals surface area contributed by atoms with Crippen LogP contribution in [0, 0.1) is 5.41 Å². The quantitative estimate of drug-likeness (QED) is 0.856. The number of hydrogen-bond acceptors (Lipinski definition) is 2. The number of hydrogen-bond donors (Lipinski definition) is 0. The van der Waals surface area contributed by atoms with E-state index in [0.29, 0.717) is 11.3 Å². The summed E-state index contributed by atoms with van der Waals surface area (Å²) in [6.07, 6.45) is 3.94. The number of likely N-dealkylation sites (tertiary alicyclic amines) is 1. The second-order valence-electron chi connectivity index (χ2n) is 6.79. The van der Waals surface area contributed by atoms with E-state index in [2.05, 4.69) is 65.6 Å². The first kappa shape index (κ1) is 14.3. The minimum atomic E-state index is 0.318. The summed E-state index contributed by atoms with van der Waals surface area (Å²) in [4.78, 5) is 6.86. The van der Waals surface area contributed by atoms with E-state index in [-0.39, 0.29) is 0 Å². The van der Waals surface area contributed by atoms with Crippen LogP contribution >= 0.6 is 0 Å². The molecule has 2 aromatic rings. The van der Waals surface area contributed by atoms with Crippen molar-refractivity contribution >= 4 is 0 Å². The Morgan fingerprint density at radius 3 is 2.71 bits per heavy atom. The molecule has 1 aromatic carbocycles. The van der Waals surface area contributed by atoms with E-state index in [4.69, 9.17) is 0 Å². The highest BCUT2D eigenvalue weighted by Crippen LogP contribution is 2.42. The van der Waals surface area contributed by atoms with E-state index in [0.717, 1.165) is 26.2 Å². The molecule has 0 saturated carbocycles. The van der Waals surface area contributed by atoms with Crippen LogP contribution in [0.15, 0.2) is 42.9 Å². The van der Waals surface area contributed by atoms with E-state index in [1.165, 1.54) is 11.3 Å². The van der Waals surface area contributed by atoms with Gasteiger partial charge in [0.1, 0.15) is 0 Å². The molecule has 1 atom stereocenters. The van der Waals surface area contributed by atoms with Crippen molar-refractivity contribution in [1.29, 1.82) is 0 Å². The lowest BCUT2D eigenvalue weighted by molar-refractivity contribution is 0.276. The maximum Gasteiger partial charge on any atom is 0.0948 e. The molecule has 1 aromatic heterocycles. The van der Waals surface area contributed by atoms with Crippen LogP contribution in [0.5, 0.6) is 0 Å². The van der Waals surface area contributed by atoms with Gasteiger partial charge >= 0.3 is 0 Å². The van der Waals surface area contributed by atoms with Crippen molar-refractivity contribution in [2.75, 3.05) is 13.1 Å². The van der Waals surface area contributed by atoms with Crippen LogP contribution in [0.25, 0.3) is 0 Å². The number of benzene rings is 1. The van der Waals surface area contributed by atoms with Crippen molar-refractivity contribution in [1.82, 2.24) is 14.5 Å². The summed E-state index contributed by atoms with van der Waals surface area (Å²) < 4.78 is 2.24. The average molecular weight is 283 g/mol. The fraction of sp³-hybridized carbons (Fsp3) is 0.500. The highest BCUT2D eigenvalue weighted by atomic mass is 15.2. The molecule has 0 radical (unpaired) electrons. The third-order valence-corrected chi connectivity index (χ3v) is 4.74. The molecule has 3 nitrogen and oxygen atoms in total. The minimum absolute atomic E-state index is 0.318. The molecule has 3 rings (SSSR count). The molecule has 0 unspecified atom stereocenters. The van der Waals surface area contributed by atoms with Crippen LogP contribution < -0.4 is 0 Å². The van der Waals surface area contributed by atoms with Crippen molar-refractivity contribution in [3.05, 3.63) is 54.1 Å². The molecule has 1 aliphatic rings. The standard InChI is InChI=1S/C18H25N3/c1-4-21-14-19-10-16(21)11-20-12-17(18(2,3)13-20)15-8-6-5-7-9-15/h5-10,14,17H,4,11-13H2,1-3H3/t17-/m0/s1. The molecule has 1 fully saturated rings. The zero-order valence-electron chi connectivity index (χ0n) is 13.3. The molecule has 0 bridgehead atoms. The summed E-state index contributed by atoms with van der Waals surface area (Å²) >= 11 is 0. The Kier molecular flexibility index (Phi) is 3.85. The zero-order chi connectivity index (χ0) is 14.9. The summed E-state index contributed by atoms with van der Waals surface area (Å²) in [7, 11) is 0. The Hall–Kier alpha value is -1.61. The van der Waals surface area contributed by atoms with Gasteiger partial charge in [-0.15, -0.1) is 0 Å². The molecule has 0 spiro atoms. The molecule has 0 aliphatic carbocycles. The van der Waals surface area contributed by atoms with Crippen molar-refractivity contribution in [3.8, 4) is 0 Å². The molecule has 0 amide bonds. The van der Waals surface area contributed by atoms with E-state index >= 15 is 0 Å². The number of aromatic nitrogens is 2. The third-order valence-electron chi connectivity index (χ3n) is 4.74. The third kappa shape index (κ3) is 2.88. The fourth-order valence-corrected chi connectivity index (χ4v) is 3.61. The maximum absolute atomic E-state index is 4.28. The van der Waals surface area contributed by atoms with E-state index in [9.17, 15) is 0 Å². The van der Waals surface area contributed by atoms with Crippen molar-refractivity contribution < 1.29 is 0 Å². The second-order valence-corrected chi connectivity index (χ2v) is 6.79. The van der Waals surface area contributed by atoms with E-state index < -0.39 is 0 Å². The number of nitrogens with zero attached hydrogens (tertiary/aromatic N) is 3. The molecular weight excluding hydrogens is 258 g/mol. The Morgan fingerprint density at radius 1 is 1.24 bits per heavy atom. The Morgan fingerprint density at radius 2 is 2.00 bits per heavy atom. The summed E-state index contributed by atoms with van der Waals surface area (Å²) in [5.74, 6) is 0.608. The van der Waals surface area contributed by atoms with Gasteiger partial charge < -0.3 is 4.57 Å². The van der Waals surface area contributed by atoms with Gasteiger partial charge in [-0.25, -0.2) is 4.98 Å². The Bertz CT molecular complexity index is 586. The Labute approximate surface area is 127 Å². The molecule has 2 heterocycles. The average Bonchev–Trinajstić information content (AvgIpc) is 3.03. The molecular formula is C18H25N3. The van der Waals surface area contributed by atoms with Crippen LogP contribution in [-0.4, -0.2) is 27.5 Å². The molecule has 0 N–H and O–H groups in total. The topological polar surface area (TPSA) is 21.1 Å². The van der Waals surface area contributed by atoms with Crippen LogP contribution in [-0.2, 0) is 13.1 Å². The predicted octanol–water partition coefficient (Wildman–Crippen LogP) is 3.53. The molecule has 1 aliphatic heterocycles. The zero-order valence-corrected chi connectivity index (χ0v) is 13.3. The Balaban J connectivity index is 1.76. The largest absolute Gasteiger partial charge is 0.334 e. The predicted molar refractivity (Wildman–Crippen MR) is 86.1 cm³/mol. The second kappa shape index (κ2) is 5.64. The van der Waals surface area contributed by atoms with Gasteiger partial charge in [0.05, 0.1) is 12.0 Å². The minimum Gasteiger partial charge on any atom is -0.334 e. The summed E-state index contributed by atoms with van der Waals surface area (Å²) in [5.41, 5.74) is 3.11. The van der Waals surface area contributed by atoms with Crippen molar-refractivity contribution in [3.63, 3.8) is 0 Å². The monoisotopic (exact) mass is 283 g/mol. The number of imidazole rings is 1. The van der Waals surface area contributed by atoms with Gasteiger partial charge in [-0.05, 0) is 17.9 Å². The number of rotatable bonds is 4. The smallest absolute Gasteiger partial charge is 0.0948 e. The van der Waals surface area contributed by atoms with Gasteiger partial charge in [0.15, 0.2) is 0 Å². The molecule has 1 saturated heterocycles. The van der Waals surface area contributed by atoms with E-state index in [1.54, 1.807) is 0 Å². The normalized spacial score (nSPS) is 21.8. The summed E-state index contributed by atoms with van der Waals surface area (Å²) in [6, 6.07) is 10.9. The molecule has 3 heteroatoms. The lowest BCUT2D eigenvalue weighted by Crippen LogP contribution is -2.24. The highest BCUT2D eigenvalue weighted by Gasteiger charge is 2.40. The summed E-state index contributed by atoms with van der Waals surface area (Å²) in [5, 5.41) is 0. The van der Waals surface area contributed by atoms with Crippen LogP contribution in [0.4, 0.5) is 0 Å². The first-order chi connectivity index (χ1) is 10.1. The van der Waals surface area contributed by atoms with Gasteiger partial charge in [-0.1, -0.05) is 44.2 Å². The summed E-state index contributed by atoms with van der Waals surface area (Å²) in [6.45, 7) is 11.2. The maximum atomic E-state index is 4.28. The van der Waals surface area contributed by atoms with E-state index in [1.807, 2.05) is 12.5 Å². The first-order valence-corrected chi connectivity index (χ1v) is 7.86. The lowest BCUT2D eigenvalue weighted by atomic mass is 9.78. The van der Waals surface area contributed by atoms with Crippen LogP contribution in [0.1, 0.15) is 37.9 Å². The lowest BCUT2D eigenvalue weighted by Gasteiger charge is -2.26. The SMILES string of the molecule is CCn1cncc1CN1C[C@@H](c2ccccc2)C(C)(C)C1. The van der Waals surface area contributed by atoms with Gasteiger partial charge in [-0.3, -0.25) is 4.90 Å². The first-order valence-electron chi connectivity index (χ1n) is 7.86. The van der Waals surface area contributed by atoms with Gasteiger partial charge in [0.25, 0.3) is 0 Å². The van der Waals surface area contributed by atoms with Crippen molar-refractivity contribution in [2.45, 2.75) is 39.8 Å². The van der Waals surface area contributed by atoms with Crippen molar-refractivity contribution in [2.24, 2.45) is 5.41 Å². The highest BCUT2D eigenvalue weighted by molar-refractivity contribution is 5.24. The molecule has 21 heavy (non-hydrogen) atoms. The van der Waals surface area contributed by atoms with Gasteiger partial charge in [-0.2, -0.15) is 0 Å². The van der Waals surface area contributed by atoms with Crippen LogP contribution in [0.2, 0.25) is 0 Å². The fourth-order valence-electron chi connectivity index (χ4n) is 3.61. The number of aryl methyl sites for hydroxylation is 1.